The fourth-order valence-electron chi connectivity index (χ4n) is 3.36. The number of carbonyl (C=O) groups is 2. The molecule has 0 bridgehead atoms. The number of allylic oxidation sites excluding steroid dienone is 5. The van der Waals surface area contributed by atoms with Crippen LogP contribution in [0.5, 0.6) is 0 Å². The summed E-state index contributed by atoms with van der Waals surface area (Å²) in [5.41, 5.74) is 0.919. The maximum atomic E-state index is 13.3. The van der Waals surface area contributed by atoms with E-state index in [9.17, 15) is 9.59 Å². The first-order chi connectivity index (χ1) is 12.5. The van der Waals surface area contributed by atoms with E-state index in [1.165, 1.54) is 18.6 Å². The van der Waals surface area contributed by atoms with E-state index < -0.39 is 5.72 Å². The molecule has 1 fully saturated rings. The average Bonchev–Trinajstić information content (AvgIpc) is 2.65. The number of hydrogen-bond acceptors (Lipinski definition) is 4. The van der Waals surface area contributed by atoms with Crippen molar-refractivity contribution < 1.29 is 14.3 Å². The van der Waals surface area contributed by atoms with Gasteiger partial charge in [-0.15, -0.1) is 0 Å². The van der Waals surface area contributed by atoms with Gasteiger partial charge in [-0.05, 0) is 57.4 Å². The van der Waals surface area contributed by atoms with Crippen LogP contribution in [0.3, 0.4) is 0 Å². The largest absolute Gasteiger partial charge is 0.351 e. The van der Waals surface area contributed by atoms with Crippen LogP contribution in [-0.4, -0.2) is 29.0 Å². The minimum atomic E-state index is -1.01. The summed E-state index contributed by atoms with van der Waals surface area (Å²) < 4.78 is 6.10. The quantitative estimate of drug-likeness (QED) is 0.760. The summed E-state index contributed by atoms with van der Waals surface area (Å²) in [5.74, 6) is -0.336. The Morgan fingerprint density at radius 2 is 2.35 bits per heavy atom. The van der Waals surface area contributed by atoms with E-state index in [4.69, 9.17) is 4.74 Å². The summed E-state index contributed by atoms with van der Waals surface area (Å²) in [4.78, 5) is 30.5. The molecule has 26 heavy (non-hydrogen) atoms. The molecule has 0 aromatic carbocycles. The molecule has 136 valence electrons. The number of ether oxygens (including phenoxy) is 1. The molecule has 2 aliphatic rings. The van der Waals surface area contributed by atoms with Gasteiger partial charge in [0.1, 0.15) is 0 Å². The van der Waals surface area contributed by atoms with Crippen LogP contribution >= 0.6 is 0 Å². The summed E-state index contributed by atoms with van der Waals surface area (Å²) >= 11 is 0. The molecule has 1 amide bonds. The summed E-state index contributed by atoms with van der Waals surface area (Å²) in [7, 11) is 0. The number of rotatable bonds is 5. The van der Waals surface area contributed by atoms with E-state index in [1.807, 2.05) is 12.1 Å². The maximum absolute atomic E-state index is 13.3. The van der Waals surface area contributed by atoms with Gasteiger partial charge in [-0.1, -0.05) is 23.8 Å². The minimum absolute atomic E-state index is 0.00425. The molecule has 1 saturated heterocycles. The van der Waals surface area contributed by atoms with Gasteiger partial charge in [0.15, 0.2) is 11.5 Å². The van der Waals surface area contributed by atoms with Gasteiger partial charge in [-0.2, -0.15) is 0 Å². The zero-order valence-electron chi connectivity index (χ0n) is 15.2. The minimum Gasteiger partial charge on any atom is -0.351 e. The topological polar surface area (TPSA) is 59.5 Å². The highest BCUT2D eigenvalue weighted by molar-refractivity contribution is 5.97. The van der Waals surface area contributed by atoms with E-state index in [2.05, 4.69) is 17.1 Å². The number of hydrogen-bond donors (Lipinski definition) is 0. The normalized spacial score (nSPS) is 26.2. The second kappa shape index (κ2) is 7.79. The maximum Gasteiger partial charge on any atom is 0.235 e. The van der Waals surface area contributed by atoms with Crippen molar-refractivity contribution in [3.63, 3.8) is 0 Å². The first-order valence-corrected chi connectivity index (χ1v) is 8.92. The molecule has 5 heteroatoms. The van der Waals surface area contributed by atoms with E-state index in [-0.39, 0.29) is 17.6 Å². The Morgan fingerprint density at radius 1 is 1.50 bits per heavy atom. The van der Waals surface area contributed by atoms with E-state index in [1.54, 1.807) is 36.4 Å². The van der Waals surface area contributed by atoms with Gasteiger partial charge in [0.2, 0.25) is 5.91 Å². The van der Waals surface area contributed by atoms with Crippen molar-refractivity contribution in [2.24, 2.45) is 5.92 Å². The molecule has 0 spiro atoms. The van der Waals surface area contributed by atoms with E-state index >= 15 is 0 Å². The molecular formula is C21H24N2O3. The number of carbonyl (C=O) groups excluding carboxylic acids is 2. The summed E-state index contributed by atoms with van der Waals surface area (Å²) in [6.07, 6.45) is 15.4. The number of pyridine rings is 1. The molecule has 0 radical (unpaired) electrons. The van der Waals surface area contributed by atoms with Crippen LogP contribution in [-0.2, 0) is 14.3 Å². The fourth-order valence-corrected chi connectivity index (χ4v) is 3.36. The molecule has 5 nitrogen and oxygen atoms in total. The van der Waals surface area contributed by atoms with Gasteiger partial charge in [-0.3, -0.25) is 19.5 Å². The zero-order chi connectivity index (χ0) is 18.6. The van der Waals surface area contributed by atoms with Gasteiger partial charge in [0.05, 0.1) is 24.4 Å². The van der Waals surface area contributed by atoms with Crippen LogP contribution in [0.4, 0.5) is 5.69 Å². The molecule has 2 atom stereocenters. The number of nitrogens with zero attached hydrogens (tertiary/aromatic N) is 2. The van der Waals surface area contributed by atoms with E-state index in [0.717, 1.165) is 12.8 Å². The Morgan fingerprint density at radius 3 is 3.00 bits per heavy atom. The highest BCUT2D eigenvalue weighted by Gasteiger charge is 2.44. The smallest absolute Gasteiger partial charge is 0.235 e. The fraction of sp³-hybridized carbons (Fsp3) is 0.381. The number of aromatic nitrogens is 1. The third-order valence-electron chi connectivity index (χ3n) is 4.73. The Bertz CT molecular complexity index is 767. The third-order valence-corrected chi connectivity index (χ3v) is 4.73. The van der Waals surface area contributed by atoms with Crippen LogP contribution in [0, 0.1) is 5.92 Å². The second-order valence-corrected chi connectivity index (χ2v) is 6.89. The SMILES string of the molecule is CC(=O)/C=C\C1(C)OCC(CC2=CC=CCC2)C(=O)N1c1cccnc1. The van der Waals surface area contributed by atoms with Crippen LogP contribution < -0.4 is 4.90 Å². The summed E-state index contributed by atoms with van der Waals surface area (Å²) in [5, 5.41) is 0. The number of amides is 1. The highest BCUT2D eigenvalue weighted by Crippen LogP contribution is 2.35. The molecule has 0 saturated carbocycles. The van der Waals surface area contributed by atoms with Crippen LogP contribution in [0.1, 0.15) is 33.1 Å². The van der Waals surface area contributed by atoms with Crippen LogP contribution in [0.25, 0.3) is 0 Å². The van der Waals surface area contributed by atoms with Crippen molar-refractivity contribution in [1.29, 1.82) is 0 Å². The van der Waals surface area contributed by atoms with Crippen molar-refractivity contribution in [2.45, 2.75) is 38.8 Å². The summed E-state index contributed by atoms with van der Waals surface area (Å²) in [6, 6.07) is 3.62. The number of anilines is 1. The lowest BCUT2D eigenvalue weighted by Crippen LogP contribution is -2.58. The highest BCUT2D eigenvalue weighted by atomic mass is 16.5. The lowest BCUT2D eigenvalue weighted by Gasteiger charge is -2.45. The van der Waals surface area contributed by atoms with Crippen LogP contribution in [0.15, 0.2) is 60.5 Å². The molecule has 1 aliphatic carbocycles. The predicted molar refractivity (Wildman–Crippen MR) is 100 cm³/mol. The molecule has 2 unspecified atom stereocenters. The van der Waals surface area contributed by atoms with E-state index in [0.29, 0.717) is 18.7 Å². The zero-order valence-corrected chi connectivity index (χ0v) is 15.2. The Hall–Kier alpha value is -2.53. The number of ketones is 1. The molecule has 1 aromatic heterocycles. The van der Waals surface area contributed by atoms with Crippen LogP contribution in [0.2, 0.25) is 0 Å². The predicted octanol–water partition coefficient (Wildman–Crippen LogP) is 3.59. The molecule has 0 N–H and O–H groups in total. The van der Waals surface area contributed by atoms with Crippen molar-refractivity contribution in [2.75, 3.05) is 11.5 Å². The molecule has 1 aromatic rings. The summed E-state index contributed by atoms with van der Waals surface area (Å²) in [6.45, 7) is 3.61. The molecule has 1 aliphatic heterocycles. The Balaban J connectivity index is 1.90. The van der Waals surface area contributed by atoms with Gasteiger partial charge in [0.25, 0.3) is 0 Å². The van der Waals surface area contributed by atoms with Gasteiger partial charge >= 0.3 is 0 Å². The standard InChI is InChI=1S/C21H24N2O3/c1-16(24)10-11-21(2)23(19-9-6-12-22-14-19)20(25)18(15-26-21)13-17-7-4-3-5-8-17/h3-4,6-7,9-12,14,18H,5,8,13,15H2,1-2H3/b11-10-. The average molecular weight is 352 g/mol. The van der Waals surface area contributed by atoms with Crippen molar-refractivity contribution in [3.05, 3.63) is 60.5 Å². The van der Waals surface area contributed by atoms with Crippen molar-refractivity contribution in [1.82, 2.24) is 4.98 Å². The van der Waals surface area contributed by atoms with Gasteiger partial charge in [0, 0.05) is 6.20 Å². The Labute approximate surface area is 154 Å². The monoisotopic (exact) mass is 352 g/mol. The first-order valence-electron chi connectivity index (χ1n) is 8.92. The lowest BCUT2D eigenvalue weighted by molar-refractivity contribution is -0.140. The lowest BCUT2D eigenvalue weighted by atomic mass is 9.91. The Kier molecular flexibility index (Phi) is 5.47. The third kappa shape index (κ3) is 3.99. The van der Waals surface area contributed by atoms with Gasteiger partial charge < -0.3 is 4.74 Å². The second-order valence-electron chi connectivity index (χ2n) is 6.89. The molecular weight excluding hydrogens is 328 g/mol. The molecule has 2 heterocycles. The molecule has 3 rings (SSSR count). The first kappa shape index (κ1) is 18.3. The van der Waals surface area contributed by atoms with Crippen molar-refractivity contribution in [3.8, 4) is 0 Å². The van der Waals surface area contributed by atoms with Gasteiger partial charge in [-0.25, -0.2) is 0 Å². The van der Waals surface area contributed by atoms with Crippen molar-refractivity contribution >= 4 is 17.4 Å².